The number of methoxy groups -OCH3 is 1. The van der Waals surface area contributed by atoms with Crippen LogP contribution in [0.1, 0.15) is 21.6 Å². The van der Waals surface area contributed by atoms with Crippen molar-refractivity contribution in [2.24, 2.45) is 0 Å². The van der Waals surface area contributed by atoms with Crippen molar-refractivity contribution in [1.82, 2.24) is 4.98 Å². The maximum absolute atomic E-state index is 12.2. The van der Waals surface area contributed by atoms with E-state index in [1.165, 1.54) is 7.11 Å². The van der Waals surface area contributed by atoms with E-state index < -0.39 is 0 Å². The molecule has 0 aliphatic rings. The molecule has 0 bridgehead atoms. The molecule has 28 heavy (non-hydrogen) atoms. The third-order valence-electron chi connectivity index (χ3n) is 4.37. The Kier molecular flexibility index (Phi) is 5.69. The Morgan fingerprint density at radius 3 is 2.39 bits per heavy atom. The number of ether oxygens (including phenoxy) is 1. The van der Waals surface area contributed by atoms with Gasteiger partial charge in [0, 0.05) is 11.9 Å². The topological polar surface area (TPSA) is 80.3 Å². The predicted molar refractivity (Wildman–Crippen MR) is 110 cm³/mol. The molecule has 3 aromatic rings. The van der Waals surface area contributed by atoms with Crippen molar-refractivity contribution in [3.05, 3.63) is 77.6 Å². The molecule has 0 aliphatic carbocycles. The number of hydrogen-bond acceptors (Lipinski definition) is 4. The van der Waals surface area contributed by atoms with Crippen LogP contribution in [0.15, 0.2) is 60.8 Å². The molecular formula is C22H21N3O3. The van der Waals surface area contributed by atoms with Gasteiger partial charge < -0.3 is 15.4 Å². The highest BCUT2D eigenvalue weighted by atomic mass is 16.5. The molecule has 0 unspecified atom stereocenters. The fourth-order valence-electron chi connectivity index (χ4n) is 2.81. The molecule has 1 heterocycles. The second kappa shape index (κ2) is 8.35. The van der Waals surface area contributed by atoms with Gasteiger partial charge in [-0.25, -0.2) is 9.59 Å². The highest BCUT2D eigenvalue weighted by molar-refractivity contribution is 6.00. The van der Waals surface area contributed by atoms with Gasteiger partial charge in [-0.1, -0.05) is 18.2 Å². The second-order valence-electron chi connectivity index (χ2n) is 6.31. The summed E-state index contributed by atoms with van der Waals surface area (Å²) in [4.78, 5) is 28.1. The smallest absolute Gasteiger partial charge is 0.337 e. The van der Waals surface area contributed by atoms with Crippen molar-refractivity contribution in [3.63, 3.8) is 0 Å². The van der Waals surface area contributed by atoms with Gasteiger partial charge in [0.15, 0.2) is 0 Å². The molecule has 0 saturated carbocycles. The van der Waals surface area contributed by atoms with Crippen molar-refractivity contribution < 1.29 is 14.3 Å². The summed E-state index contributed by atoms with van der Waals surface area (Å²) in [6.45, 7) is 3.81. The molecule has 6 heteroatoms. The number of benzene rings is 2. The van der Waals surface area contributed by atoms with Crippen LogP contribution in [0.4, 0.5) is 16.2 Å². The highest BCUT2D eigenvalue weighted by Crippen LogP contribution is 2.26. The zero-order valence-electron chi connectivity index (χ0n) is 15.9. The summed E-state index contributed by atoms with van der Waals surface area (Å²) in [6.07, 6.45) is 1.67. The number of carbonyl (C=O) groups is 2. The Labute approximate surface area is 163 Å². The van der Waals surface area contributed by atoms with Gasteiger partial charge in [-0.15, -0.1) is 0 Å². The van der Waals surface area contributed by atoms with Crippen molar-refractivity contribution in [2.75, 3.05) is 17.7 Å². The lowest BCUT2D eigenvalue weighted by Gasteiger charge is -2.11. The average Bonchev–Trinajstić information content (AvgIpc) is 2.70. The van der Waals surface area contributed by atoms with E-state index in [1.54, 1.807) is 24.4 Å². The third kappa shape index (κ3) is 4.35. The summed E-state index contributed by atoms with van der Waals surface area (Å²) in [6, 6.07) is 16.1. The van der Waals surface area contributed by atoms with Crippen LogP contribution in [0, 0.1) is 13.8 Å². The SMILES string of the molecule is COC(=O)c1ccc(C)c(-c2ccc(NC(=O)Nc3cccnc3C)cc2)c1. The summed E-state index contributed by atoms with van der Waals surface area (Å²) >= 11 is 0. The lowest BCUT2D eigenvalue weighted by molar-refractivity contribution is 0.0600. The van der Waals surface area contributed by atoms with Gasteiger partial charge in [-0.2, -0.15) is 0 Å². The molecule has 0 saturated heterocycles. The van der Waals surface area contributed by atoms with Gasteiger partial charge in [-0.05, 0) is 66.9 Å². The van der Waals surface area contributed by atoms with Gasteiger partial charge in [0.05, 0.1) is 24.1 Å². The molecule has 0 atom stereocenters. The average molecular weight is 375 g/mol. The maximum Gasteiger partial charge on any atom is 0.337 e. The Morgan fingerprint density at radius 1 is 0.964 bits per heavy atom. The Morgan fingerprint density at radius 2 is 1.71 bits per heavy atom. The molecule has 0 aliphatic heterocycles. The van der Waals surface area contributed by atoms with Gasteiger partial charge in [0.1, 0.15) is 0 Å². The molecule has 0 fully saturated rings. The molecule has 2 amide bonds. The zero-order valence-corrected chi connectivity index (χ0v) is 15.9. The first-order valence-corrected chi connectivity index (χ1v) is 8.77. The Bertz CT molecular complexity index is 1010. The molecule has 2 aromatic carbocycles. The van der Waals surface area contributed by atoms with E-state index in [-0.39, 0.29) is 12.0 Å². The molecule has 3 rings (SSSR count). The number of aromatic nitrogens is 1. The van der Waals surface area contributed by atoms with Crippen LogP contribution >= 0.6 is 0 Å². The van der Waals surface area contributed by atoms with Crippen LogP contribution in [0.5, 0.6) is 0 Å². The minimum Gasteiger partial charge on any atom is -0.465 e. The number of esters is 1. The van der Waals surface area contributed by atoms with Crippen LogP contribution in [0.2, 0.25) is 0 Å². The molecule has 142 valence electrons. The molecule has 6 nitrogen and oxygen atoms in total. The number of nitrogens with zero attached hydrogens (tertiary/aromatic N) is 1. The van der Waals surface area contributed by atoms with E-state index in [4.69, 9.17) is 4.74 Å². The van der Waals surface area contributed by atoms with Gasteiger partial charge in [0.2, 0.25) is 0 Å². The molecule has 0 spiro atoms. The van der Waals surface area contributed by atoms with Gasteiger partial charge >= 0.3 is 12.0 Å². The maximum atomic E-state index is 12.2. The van der Waals surface area contributed by atoms with Crippen LogP contribution in [0.3, 0.4) is 0 Å². The number of nitrogens with one attached hydrogen (secondary N) is 2. The fraction of sp³-hybridized carbons (Fsp3) is 0.136. The first kappa shape index (κ1) is 19.1. The van der Waals surface area contributed by atoms with E-state index in [9.17, 15) is 9.59 Å². The number of amides is 2. The van der Waals surface area contributed by atoms with Gasteiger partial charge in [-0.3, -0.25) is 4.98 Å². The Balaban J connectivity index is 1.74. The molecule has 1 aromatic heterocycles. The number of anilines is 2. The number of urea groups is 1. The highest BCUT2D eigenvalue weighted by Gasteiger charge is 2.10. The van der Waals surface area contributed by atoms with Crippen LogP contribution in [-0.4, -0.2) is 24.1 Å². The zero-order chi connectivity index (χ0) is 20.1. The van der Waals surface area contributed by atoms with Crippen molar-refractivity contribution in [2.45, 2.75) is 13.8 Å². The van der Waals surface area contributed by atoms with Crippen molar-refractivity contribution >= 4 is 23.4 Å². The van der Waals surface area contributed by atoms with Crippen molar-refractivity contribution in [1.29, 1.82) is 0 Å². The number of pyridine rings is 1. The van der Waals surface area contributed by atoms with E-state index in [0.29, 0.717) is 16.9 Å². The first-order valence-electron chi connectivity index (χ1n) is 8.77. The van der Waals surface area contributed by atoms with E-state index >= 15 is 0 Å². The second-order valence-corrected chi connectivity index (χ2v) is 6.31. The largest absolute Gasteiger partial charge is 0.465 e. The lowest BCUT2D eigenvalue weighted by Crippen LogP contribution is -2.20. The van der Waals surface area contributed by atoms with Crippen LogP contribution in [0.25, 0.3) is 11.1 Å². The molecule has 0 radical (unpaired) electrons. The quantitative estimate of drug-likeness (QED) is 0.642. The lowest BCUT2D eigenvalue weighted by atomic mass is 9.98. The monoisotopic (exact) mass is 375 g/mol. The standard InChI is InChI=1S/C22H21N3O3/c1-14-6-7-17(21(26)28-3)13-19(14)16-8-10-18(11-9-16)24-22(27)25-20-5-4-12-23-15(20)2/h4-13H,1-3H3,(H2,24,25,27). The summed E-state index contributed by atoms with van der Waals surface area (Å²) in [5, 5.41) is 5.57. The predicted octanol–water partition coefficient (Wildman–Crippen LogP) is 4.80. The van der Waals surface area contributed by atoms with Gasteiger partial charge in [0.25, 0.3) is 0 Å². The normalized spacial score (nSPS) is 10.2. The number of carbonyl (C=O) groups excluding carboxylic acids is 2. The van der Waals surface area contributed by atoms with Crippen molar-refractivity contribution in [3.8, 4) is 11.1 Å². The summed E-state index contributed by atoms with van der Waals surface area (Å²) in [7, 11) is 1.36. The number of rotatable bonds is 4. The Hall–Kier alpha value is -3.67. The third-order valence-corrected chi connectivity index (χ3v) is 4.37. The van der Waals surface area contributed by atoms with E-state index in [0.717, 1.165) is 22.4 Å². The summed E-state index contributed by atoms with van der Waals surface area (Å²) in [5.41, 5.74) is 5.47. The minimum atomic E-state index is -0.373. The fourth-order valence-corrected chi connectivity index (χ4v) is 2.81. The van der Waals surface area contributed by atoms with Crippen LogP contribution in [-0.2, 0) is 4.74 Å². The number of hydrogen-bond donors (Lipinski definition) is 2. The van der Waals surface area contributed by atoms with Crippen LogP contribution < -0.4 is 10.6 Å². The van der Waals surface area contributed by atoms with E-state index in [2.05, 4.69) is 15.6 Å². The molecular weight excluding hydrogens is 354 g/mol. The molecule has 2 N–H and O–H groups in total. The number of aryl methyl sites for hydroxylation is 2. The van der Waals surface area contributed by atoms with E-state index in [1.807, 2.05) is 50.2 Å². The first-order chi connectivity index (χ1) is 13.5. The summed E-state index contributed by atoms with van der Waals surface area (Å²) in [5.74, 6) is -0.373. The summed E-state index contributed by atoms with van der Waals surface area (Å²) < 4.78 is 4.79. The minimum absolute atomic E-state index is 0.340.